The van der Waals surface area contributed by atoms with Crippen LogP contribution in [0.25, 0.3) is 0 Å². The quantitative estimate of drug-likeness (QED) is 0.197. The Morgan fingerprint density at radius 2 is 1.46 bits per heavy atom. The third kappa shape index (κ3) is 3.04. The van der Waals surface area contributed by atoms with Crippen LogP contribution in [-0.2, 0) is 15.0 Å². The second kappa shape index (κ2) is 8.23. The fourth-order valence-electron chi connectivity index (χ4n) is 6.65. The van der Waals surface area contributed by atoms with Crippen molar-refractivity contribution in [3.05, 3.63) is 129 Å². The van der Waals surface area contributed by atoms with Crippen LogP contribution < -0.4 is 4.90 Å². The molecule has 4 aromatic carbocycles. The molecule has 1 fully saturated rings. The Balaban J connectivity index is 1.52. The minimum absolute atomic E-state index is 0.211. The number of hydrogen-bond acceptors (Lipinski definition) is 3. The molecule has 0 N–H and O–H groups in total. The van der Waals surface area contributed by atoms with Gasteiger partial charge in [-0.1, -0.05) is 94.3 Å². The Bertz CT molecular complexity index is 1600. The van der Waals surface area contributed by atoms with Crippen molar-refractivity contribution >= 4 is 56.9 Å². The van der Waals surface area contributed by atoms with Crippen molar-refractivity contribution in [2.45, 2.75) is 11.3 Å². The van der Waals surface area contributed by atoms with Gasteiger partial charge in [-0.3, -0.25) is 14.6 Å². The number of para-hydroxylation sites is 1. The van der Waals surface area contributed by atoms with Crippen molar-refractivity contribution in [2.75, 3.05) is 4.90 Å². The Hall–Kier alpha value is -3.54. The summed E-state index contributed by atoms with van der Waals surface area (Å²) in [5.41, 5.74) is 4.50. The Labute approximate surface area is 227 Å². The molecule has 6 heteroatoms. The Kier molecular flexibility index (Phi) is 5.04. The number of benzene rings is 4. The lowest BCUT2D eigenvalue weighted by Crippen LogP contribution is -2.54. The number of nitrogens with zero attached hydrogens (tertiary/aromatic N) is 2. The lowest BCUT2D eigenvalue weighted by Gasteiger charge is -2.52. The molecule has 4 aliphatic rings. The van der Waals surface area contributed by atoms with Gasteiger partial charge in [0.2, 0.25) is 11.8 Å². The van der Waals surface area contributed by atoms with Gasteiger partial charge in [0.15, 0.2) is 0 Å². The van der Waals surface area contributed by atoms with E-state index in [0.29, 0.717) is 10.7 Å². The summed E-state index contributed by atoms with van der Waals surface area (Å²) in [4.78, 5) is 34.8. The summed E-state index contributed by atoms with van der Waals surface area (Å²) in [6.45, 7) is 0. The zero-order valence-electron chi connectivity index (χ0n) is 19.5. The topological polar surface area (TPSA) is 49.7 Å². The van der Waals surface area contributed by atoms with Crippen molar-refractivity contribution < 1.29 is 9.59 Å². The number of amides is 2. The van der Waals surface area contributed by atoms with E-state index in [9.17, 15) is 9.59 Å². The number of anilines is 1. The standard InChI is InChI=1S/C31H20BrClN2O2/c32-18-8-7-9-19(16-18)34-17-31-22-12-3-1-10-20(22)26(21-11-2-4-13-23(21)31)27-28(31)30(37)35(29(27)36)25-15-6-5-14-24(25)33/h1-17,26-28H/t26?,27-,28-,31?/m1/s1. The summed E-state index contributed by atoms with van der Waals surface area (Å²) in [5.74, 6) is -1.86. The Morgan fingerprint density at radius 1 is 0.811 bits per heavy atom. The number of halogens is 2. The van der Waals surface area contributed by atoms with Crippen molar-refractivity contribution in [3.8, 4) is 0 Å². The first-order chi connectivity index (χ1) is 18.0. The van der Waals surface area contributed by atoms with Gasteiger partial charge in [-0.2, -0.15) is 0 Å². The second-order valence-electron chi connectivity index (χ2n) is 9.73. The highest BCUT2D eigenvalue weighted by molar-refractivity contribution is 9.10. The number of aliphatic imine (C=N–C) groups is 1. The van der Waals surface area contributed by atoms with Gasteiger partial charge in [0, 0.05) is 16.6 Å². The zero-order chi connectivity index (χ0) is 25.3. The molecule has 0 unspecified atom stereocenters. The molecule has 8 rings (SSSR count). The van der Waals surface area contributed by atoms with Crippen LogP contribution in [0, 0.1) is 11.8 Å². The fourth-order valence-corrected chi connectivity index (χ4v) is 7.26. The molecule has 1 aliphatic heterocycles. The van der Waals surface area contributed by atoms with E-state index in [4.69, 9.17) is 16.6 Å². The third-order valence-corrected chi connectivity index (χ3v) is 8.82. The highest BCUT2D eigenvalue weighted by Crippen LogP contribution is 2.64. The predicted octanol–water partition coefficient (Wildman–Crippen LogP) is 7.06. The van der Waals surface area contributed by atoms with Crippen LogP contribution in [0.5, 0.6) is 0 Å². The number of rotatable bonds is 3. The summed E-state index contributed by atoms with van der Waals surface area (Å²) < 4.78 is 0.919. The molecular formula is C31H20BrClN2O2. The van der Waals surface area contributed by atoms with Gasteiger partial charge in [-0.25, -0.2) is 4.90 Å². The number of carbonyl (C=O) groups is 2. The number of imide groups is 1. The van der Waals surface area contributed by atoms with Gasteiger partial charge in [-0.05, 0) is 52.6 Å². The molecule has 0 aromatic heterocycles. The van der Waals surface area contributed by atoms with Gasteiger partial charge in [0.25, 0.3) is 0 Å². The highest BCUT2D eigenvalue weighted by Gasteiger charge is 2.68. The fraction of sp³-hybridized carbons (Fsp3) is 0.129. The van der Waals surface area contributed by atoms with E-state index in [2.05, 4.69) is 40.2 Å². The highest BCUT2D eigenvalue weighted by atomic mass is 79.9. The molecule has 3 aliphatic carbocycles. The van der Waals surface area contributed by atoms with Crippen molar-refractivity contribution in [1.82, 2.24) is 0 Å². The molecule has 4 aromatic rings. The molecule has 0 radical (unpaired) electrons. The van der Waals surface area contributed by atoms with Gasteiger partial charge in [0.1, 0.15) is 0 Å². The zero-order valence-corrected chi connectivity index (χ0v) is 21.9. The van der Waals surface area contributed by atoms with Crippen LogP contribution in [0.1, 0.15) is 28.2 Å². The normalized spacial score (nSPS) is 25.4. The largest absolute Gasteiger partial charge is 0.274 e. The van der Waals surface area contributed by atoms with E-state index in [1.54, 1.807) is 24.3 Å². The lowest BCUT2D eigenvalue weighted by atomic mass is 9.47. The maximum atomic E-state index is 14.4. The van der Waals surface area contributed by atoms with Gasteiger partial charge in [0.05, 0.1) is 33.6 Å². The van der Waals surface area contributed by atoms with E-state index in [1.165, 1.54) is 4.90 Å². The van der Waals surface area contributed by atoms with Gasteiger partial charge in [-0.15, -0.1) is 0 Å². The molecule has 1 heterocycles. The predicted molar refractivity (Wildman–Crippen MR) is 149 cm³/mol. The van der Waals surface area contributed by atoms with E-state index in [1.807, 2.05) is 54.7 Å². The molecule has 0 saturated carbocycles. The monoisotopic (exact) mass is 566 g/mol. The summed E-state index contributed by atoms with van der Waals surface area (Å²) in [6, 6.07) is 31.1. The average molecular weight is 568 g/mol. The molecule has 2 amide bonds. The first kappa shape index (κ1) is 22.6. The van der Waals surface area contributed by atoms with Crippen LogP contribution in [0.15, 0.2) is 107 Å². The Morgan fingerprint density at radius 3 is 2.14 bits per heavy atom. The average Bonchev–Trinajstić information content (AvgIpc) is 3.19. The summed E-state index contributed by atoms with van der Waals surface area (Å²) in [6.07, 6.45) is 1.90. The maximum absolute atomic E-state index is 14.4. The number of hydrogen-bond donors (Lipinski definition) is 0. The molecule has 0 spiro atoms. The third-order valence-electron chi connectivity index (χ3n) is 8.00. The minimum atomic E-state index is -0.905. The molecule has 2 atom stereocenters. The summed E-state index contributed by atoms with van der Waals surface area (Å²) in [5, 5.41) is 0.377. The van der Waals surface area contributed by atoms with E-state index in [0.717, 1.165) is 32.4 Å². The van der Waals surface area contributed by atoms with Gasteiger partial charge < -0.3 is 0 Å². The van der Waals surface area contributed by atoms with E-state index < -0.39 is 17.3 Å². The van der Waals surface area contributed by atoms with E-state index in [-0.39, 0.29) is 17.7 Å². The number of carbonyl (C=O) groups excluding carboxylic acids is 2. The van der Waals surface area contributed by atoms with Crippen LogP contribution in [0.4, 0.5) is 11.4 Å². The summed E-state index contributed by atoms with van der Waals surface area (Å²) >= 11 is 10.0. The van der Waals surface area contributed by atoms with E-state index >= 15 is 0 Å². The molecule has 2 bridgehead atoms. The first-order valence-electron chi connectivity index (χ1n) is 12.1. The van der Waals surface area contributed by atoms with Gasteiger partial charge >= 0.3 is 0 Å². The smallest absolute Gasteiger partial charge is 0.239 e. The van der Waals surface area contributed by atoms with Crippen molar-refractivity contribution in [3.63, 3.8) is 0 Å². The minimum Gasteiger partial charge on any atom is -0.274 e. The molecule has 1 saturated heterocycles. The molecule has 4 nitrogen and oxygen atoms in total. The van der Waals surface area contributed by atoms with Crippen molar-refractivity contribution in [2.24, 2.45) is 16.8 Å². The SMILES string of the molecule is O=C1[C@@H]2C3c4ccccc4C(C=Nc4cccc(Br)c4)(c4ccccc43)[C@H]2C(=O)N1c1ccccc1Cl. The molecule has 37 heavy (non-hydrogen) atoms. The maximum Gasteiger partial charge on any atom is 0.239 e. The molecular weight excluding hydrogens is 548 g/mol. The second-order valence-corrected chi connectivity index (χ2v) is 11.0. The first-order valence-corrected chi connectivity index (χ1v) is 13.3. The van der Waals surface area contributed by atoms with Crippen molar-refractivity contribution in [1.29, 1.82) is 0 Å². The molecule has 180 valence electrons. The van der Waals surface area contributed by atoms with Crippen LogP contribution in [0.3, 0.4) is 0 Å². The van der Waals surface area contributed by atoms with Crippen LogP contribution >= 0.6 is 27.5 Å². The summed E-state index contributed by atoms with van der Waals surface area (Å²) in [7, 11) is 0. The van der Waals surface area contributed by atoms with Crippen LogP contribution in [0.2, 0.25) is 5.02 Å². The van der Waals surface area contributed by atoms with Crippen LogP contribution in [-0.4, -0.2) is 18.0 Å². The lowest BCUT2D eigenvalue weighted by molar-refractivity contribution is -0.122.